The second-order valence-electron chi connectivity index (χ2n) is 0.916. The number of nitrogens with zero attached hydrogens (tertiary/aromatic N) is 2. The van der Waals surface area contributed by atoms with Crippen molar-refractivity contribution in [3.8, 4) is 0 Å². The Morgan fingerprint density at radius 2 is 1.44 bits per heavy atom. The van der Waals surface area contributed by atoms with Crippen LogP contribution in [-0.4, -0.2) is 19.2 Å². The van der Waals surface area contributed by atoms with E-state index in [1.807, 2.05) is 0 Å². The fraction of sp³-hybridized carbons (Fsp3) is 0. The first kappa shape index (κ1) is 8.56. The zero-order valence-corrected chi connectivity index (χ0v) is 6.48. The second-order valence-corrected chi connectivity index (χ2v) is 6.12. The van der Waals surface area contributed by atoms with Crippen molar-refractivity contribution in [1.29, 1.82) is 0 Å². The Kier molecular flexibility index (Phi) is 3.38. The largest absolute Gasteiger partial charge is 0.527 e. The van der Waals surface area contributed by atoms with Gasteiger partial charge in [-0.1, -0.05) is 22.2 Å². The molecule has 0 unspecified atom stereocenters. The molecule has 0 heterocycles. The van der Waals surface area contributed by atoms with Gasteiger partial charge in [0.05, 0.1) is 0 Å². The Morgan fingerprint density at radius 3 is 1.67 bits per heavy atom. The van der Waals surface area contributed by atoms with E-state index in [9.17, 15) is 9.59 Å². The summed E-state index contributed by atoms with van der Waals surface area (Å²) in [6, 6.07) is 0. The third-order valence-electron chi connectivity index (χ3n) is 0.360. The van der Waals surface area contributed by atoms with Gasteiger partial charge < -0.3 is 0 Å². The molecule has 0 aromatic carbocycles. The van der Waals surface area contributed by atoms with Crippen molar-refractivity contribution >= 4 is 41.3 Å². The van der Waals surface area contributed by atoms with Gasteiger partial charge in [0, 0.05) is 0 Å². The average molecular weight is 183 g/mol. The van der Waals surface area contributed by atoms with Gasteiger partial charge in [-0.2, -0.15) is 9.32 Å². The van der Waals surface area contributed by atoms with Crippen LogP contribution in [0.3, 0.4) is 0 Å². The molecule has 0 saturated heterocycles. The number of halogens is 2. The smallest absolute Gasteiger partial charge is 0.212 e. The first-order valence-electron chi connectivity index (χ1n) is 1.68. The van der Waals surface area contributed by atoms with Gasteiger partial charge in [-0.25, -0.2) is 9.59 Å². The zero-order chi connectivity index (χ0) is 7.33. The normalized spacial score (nSPS) is 9.11. The fourth-order valence-electron chi connectivity index (χ4n) is 0.135. The van der Waals surface area contributed by atoms with Crippen LogP contribution in [0, 0.1) is 0 Å². The molecule has 0 atom stereocenters. The van der Waals surface area contributed by atoms with E-state index in [2.05, 4.69) is 9.32 Å². The van der Waals surface area contributed by atoms with Crippen molar-refractivity contribution in [2.45, 2.75) is 0 Å². The van der Waals surface area contributed by atoms with Crippen molar-refractivity contribution in [2.24, 2.45) is 9.32 Å². The highest BCUT2D eigenvalue weighted by molar-refractivity contribution is 7.44. The van der Waals surface area contributed by atoms with Gasteiger partial charge in [-0.05, 0) is 0 Å². The first-order chi connectivity index (χ1) is 4.12. The lowest BCUT2D eigenvalue weighted by atomic mass is 11.7. The summed E-state index contributed by atoms with van der Waals surface area (Å²) in [4.78, 5) is 19.0. The Balaban J connectivity index is 4.36. The van der Waals surface area contributed by atoms with Gasteiger partial charge in [0.2, 0.25) is 12.2 Å². The summed E-state index contributed by atoms with van der Waals surface area (Å²) < 4.78 is 5.76. The van der Waals surface area contributed by atoms with E-state index in [1.54, 1.807) is 0 Å². The highest BCUT2D eigenvalue weighted by Crippen LogP contribution is 2.15. The molecule has 0 amide bonds. The predicted octanol–water partition coefficient (Wildman–Crippen LogP) is 0.571. The van der Waals surface area contributed by atoms with Crippen LogP contribution in [0.4, 0.5) is 0 Å². The molecular weight excluding hydrogens is 183 g/mol. The zero-order valence-electron chi connectivity index (χ0n) is 3.97. The molecule has 0 radical (unpaired) electrons. The standard InChI is InChI=1S/C2Cl2N2O2Si/c3-9(4,5-1-7)6-2-8. The Labute approximate surface area is 60.8 Å². The van der Waals surface area contributed by atoms with Crippen LogP contribution < -0.4 is 0 Å². The molecule has 0 fully saturated rings. The molecule has 0 rings (SSSR count). The summed E-state index contributed by atoms with van der Waals surface area (Å²) >= 11 is 10.4. The summed E-state index contributed by atoms with van der Waals surface area (Å²) in [5, 5.41) is 0. The second kappa shape index (κ2) is 3.56. The molecule has 0 bridgehead atoms. The topological polar surface area (TPSA) is 58.9 Å². The summed E-state index contributed by atoms with van der Waals surface area (Å²) in [5.41, 5.74) is 0. The Bertz CT molecular complexity index is 173. The minimum Gasteiger partial charge on any atom is -0.212 e. The average Bonchev–Trinajstić information content (AvgIpc) is 1.64. The molecule has 0 aromatic heterocycles. The van der Waals surface area contributed by atoms with Crippen molar-refractivity contribution < 1.29 is 9.59 Å². The molecule has 48 valence electrons. The van der Waals surface area contributed by atoms with E-state index in [0.717, 1.165) is 12.2 Å². The number of hydrogen-bond acceptors (Lipinski definition) is 4. The minimum atomic E-state index is -3.36. The van der Waals surface area contributed by atoms with Crippen LogP contribution in [0.25, 0.3) is 0 Å². The molecule has 0 N–H and O–H groups in total. The SMILES string of the molecule is O=C=N[Si](Cl)(Cl)N=C=O. The third-order valence-corrected chi connectivity index (χ3v) is 2.10. The third kappa shape index (κ3) is 4.09. The number of rotatable bonds is 2. The Hall–Kier alpha value is -0.443. The van der Waals surface area contributed by atoms with Gasteiger partial charge in [-0.15, -0.1) is 0 Å². The number of isocyanates is 2. The van der Waals surface area contributed by atoms with Gasteiger partial charge in [-0.3, -0.25) is 0 Å². The molecule has 0 aliphatic heterocycles. The van der Waals surface area contributed by atoms with Crippen molar-refractivity contribution in [2.75, 3.05) is 0 Å². The summed E-state index contributed by atoms with van der Waals surface area (Å²) in [6.07, 6.45) is 2.19. The van der Waals surface area contributed by atoms with E-state index in [4.69, 9.17) is 22.2 Å². The molecular formula is C2Cl2N2O2Si. The monoisotopic (exact) mass is 182 g/mol. The quantitative estimate of drug-likeness (QED) is 0.272. The predicted molar refractivity (Wildman–Crippen MR) is 33.7 cm³/mol. The maximum Gasteiger partial charge on any atom is 0.527 e. The van der Waals surface area contributed by atoms with Gasteiger partial charge in [0.1, 0.15) is 0 Å². The van der Waals surface area contributed by atoms with Crippen LogP contribution in [-0.2, 0) is 9.59 Å². The highest BCUT2D eigenvalue weighted by atomic mass is 35.7. The number of carbonyl (C=O) groups excluding carboxylic acids is 2. The lowest BCUT2D eigenvalue weighted by molar-refractivity contribution is 0.565. The van der Waals surface area contributed by atoms with Crippen LogP contribution in [0.15, 0.2) is 9.32 Å². The molecule has 0 saturated carbocycles. The van der Waals surface area contributed by atoms with E-state index in [-0.39, 0.29) is 0 Å². The molecule has 0 spiro atoms. The van der Waals surface area contributed by atoms with E-state index < -0.39 is 7.02 Å². The molecule has 0 aliphatic carbocycles. The molecule has 0 aromatic rings. The van der Waals surface area contributed by atoms with E-state index >= 15 is 0 Å². The van der Waals surface area contributed by atoms with E-state index in [0.29, 0.717) is 0 Å². The van der Waals surface area contributed by atoms with E-state index in [1.165, 1.54) is 0 Å². The van der Waals surface area contributed by atoms with Gasteiger partial charge in [0.25, 0.3) is 0 Å². The van der Waals surface area contributed by atoms with Gasteiger partial charge in [0.15, 0.2) is 0 Å². The molecule has 0 aliphatic rings. The van der Waals surface area contributed by atoms with Crippen LogP contribution in [0.2, 0.25) is 0 Å². The van der Waals surface area contributed by atoms with Crippen molar-refractivity contribution in [3.05, 3.63) is 0 Å². The molecule has 4 nitrogen and oxygen atoms in total. The number of hydrogen-bond donors (Lipinski definition) is 0. The molecule has 7 heteroatoms. The van der Waals surface area contributed by atoms with Crippen molar-refractivity contribution in [3.63, 3.8) is 0 Å². The van der Waals surface area contributed by atoms with Crippen LogP contribution in [0.1, 0.15) is 0 Å². The van der Waals surface area contributed by atoms with Crippen LogP contribution >= 0.6 is 22.2 Å². The summed E-state index contributed by atoms with van der Waals surface area (Å²) in [7, 11) is -3.36. The summed E-state index contributed by atoms with van der Waals surface area (Å²) in [5.74, 6) is 0. The van der Waals surface area contributed by atoms with Gasteiger partial charge >= 0.3 is 7.02 Å². The Morgan fingerprint density at radius 1 is 1.11 bits per heavy atom. The maximum absolute atomic E-state index is 9.48. The highest BCUT2D eigenvalue weighted by Gasteiger charge is 2.28. The first-order valence-corrected chi connectivity index (χ1v) is 5.60. The summed E-state index contributed by atoms with van der Waals surface area (Å²) in [6.45, 7) is 0. The lowest BCUT2D eigenvalue weighted by Gasteiger charge is -1.92. The fourth-order valence-corrected chi connectivity index (χ4v) is 0.819. The maximum atomic E-state index is 9.48. The molecule has 9 heavy (non-hydrogen) atoms. The minimum absolute atomic E-state index is 1.09. The van der Waals surface area contributed by atoms with Crippen molar-refractivity contribution in [1.82, 2.24) is 0 Å². The lowest BCUT2D eigenvalue weighted by Crippen LogP contribution is -2.11. The van der Waals surface area contributed by atoms with Crippen LogP contribution in [0.5, 0.6) is 0 Å².